The van der Waals surface area contributed by atoms with Crippen LogP contribution >= 0.6 is 0 Å². The lowest BCUT2D eigenvalue weighted by atomic mass is 10.2. The van der Waals surface area contributed by atoms with Crippen LogP contribution < -0.4 is 0 Å². The van der Waals surface area contributed by atoms with E-state index >= 15 is 0 Å². The molecule has 0 saturated carbocycles. The minimum atomic E-state index is -0.307. The van der Waals surface area contributed by atoms with Crippen LogP contribution in [0.5, 0.6) is 0 Å². The quantitative estimate of drug-likeness (QED) is 0.528. The van der Waals surface area contributed by atoms with Crippen molar-refractivity contribution in [2.75, 3.05) is 13.9 Å². The van der Waals surface area contributed by atoms with Gasteiger partial charge in [-0.1, -0.05) is 0 Å². The van der Waals surface area contributed by atoms with E-state index < -0.39 is 0 Å². The van der Waals surface area contributed by atoms with Crippen LogP contribution in [-0.2, 0) is 16.1 Å². The van der Waals surface area contributed by atoms with Gasteiger partial charge in [0.05, 0.1) is 12.3 Å². The third kappa shape index (κ3) is 3.08. The summed E-state index contributed by atoms with van der Waals surface area (Å²) in [6, 6.07) is 1.41. The van der Waals surface area contributed by atoms with E-state index in [1.165, 1.54) is 13.2 Å². The number of ether oxygens (including phenoxy) is 2. The van der Waals surface area contributed by atoms with Crippen LogP contribution in [0.25, 0.3) is 0 Å². The summed E-state index contributed by atoms with van der Waals surface area (Å²) in [5.41, 5.74) is 1.11. The van der Waals surface area contributed by atoms with E-state index in [1.807, 2.05) is 0 Å². The first-order valence-corrected chi connectivity index (χ1v) is 3.91. The Morgan fingerprint density at radius 2 is 2.31 bits per heavy atom. The smallest absolute Gasteiger partial charge is 0.146 e. The molecule has 0 atom stereocenters. The molecule has 1 rings (SSSR count). The average molecular weight is 185 g/mol. The largest absolute Gasteiger partial charge is 0.359 e. The summed E-state index contributed by atoms with van der Waals surface area (Å²) in [5.74, 6) is -0.307. The second kappa shape index (κ2) is 4.89. The molecule has 0 fully saturated rings. The maximum Gasteiger partial charge on any atom is 0.146 e. The Bertz CT molecular complexity index is 278. The number of aryl methyl sites for hydroxylation is 1. The topological polar surface area (TPSA) is 31.4 Å². The molecule has 0 aliphatic carbocycles. The highest BCUT2D eigenvalue weighted by Crippen LogP contribution is 2.06. The van der Waals surface area contributed by atoms with Crippen LogP contribution in [0.4, 0.5) is 4.39 Å². The van der Waals surface area contributed by atoms with Gasteiger partial charge in [0, 0.05) is 13.3 Å². The summed E-state index contributed by atoms with van der Waals surface area (Å²) in [6.07, 6.45) is 1.59. The van der Waals surface area contributed by atoms with Gasteiger partial charge in [0.25, 0.3) is 0 Å². The Balaban J connectivity index is 2.53. The fraction of sp³-hybridized carbons (Fsp3) is 0.444. The minimum absolute atomic E-state index is 0.204. The Kier molecular flexibility index (Phi) is 3.79. The highest BCUT2D eigenvalue weighted by atomic mass is 19.1. The molecule has 1 aromatic heterocycles. The molecule has 0 unspecified atom stereocenters. The fourth-order valence-electron chi connectivity index (χ4n) is 0.868. The normalized spacial score (nSPS) is 10.4. The van der Waals surface area contributed by atoms with E-state index in [9.17, 15) is 4.39 Å². The lowest BCUT2D eigenvalue weighted by Crippen LogP contribution is -1.99. The number of halogens is 1. The van der Waals surface area contributed by atoms with Crippen molar-refractivity contribution in [2.24, 2.45) is 0 Å². The summed E-state index contributed by atoms with van der Waals surface area (Å²) in [4.78, 5) is 3.86. The van der Waals surface area contributed by atoms with Crippen molar-refractivity contribution < 1.29 is 13.9 Å². The first-order valence-electron chi connectivity index (χ1n) is 3.91. The van der Waals surface area contributed by atoms with E-state index in [2.05, 4.69) is 9.72 Å². The van der Waals surface area contributed by atoms with E-state index in [0.29, 0.717) is 17.9 Å². The van der Waals surface area contributed by atoms with Crippen molar-refractivity contribution in [3.05, 3.63) is 29.3 Å². The molecule has 0 N–H and O–H groups in total. The molecule has 0 aliphatic rings. The first-order chi connectivity index (χ1) is 6.24. The van der Waals surface area contributed by atoms with Crippen LogP contribution in [0.3, 0.4) is 0 Å². The number of methoxy groups -OCH3 is 1. The maximum absolute atomic E-state index is 12.9. The monoisotopic (exact) mass is 185 g/mol. The summed E-state index contributed by atoms with van der Waals surface area (Å²) in [7, 11) is 1.54. The number of nitrogens with zero attached hydrogens (tertiary/aromatic N) is 1. The highest BCUT2D eigenvalue weighted by molar-refractivity contribution is 5.14. The van der Waals surface area contributed by atoms with Crippen molar-refractivity contribution in [2.45, 2.75) is 13.5 Å². The Morgan fingerprint density at radius 3 is 2.92 bits per heavy atom. The number of pyridine rings is 1. The van der Waals surface area contributed by atoms with Gasteiger partial charge in [0.15, 0.2) is 0 Å². The van der Waals surface area contributed by atoms with Crippen LogP contribution in [0.2, 0.25) is 0 Å². The van der Waals surface area contributed by atoms with Crippen LogP contribution in [0.15, 0.2) is 12.3 Å². The zero-order valence-corrected chi connectivity index (χ0v) is 7.71. The van der Waals surface area contributed by atoms with E-state index in [4.69, 9.17) is 4.74 Å². The Labute approximate surface area is 76.5 Å². The summed E-state index contributed by atoms with van der Waals surface area (Å²) >= 11 is 0. The molecule has 0 aromatic carbocycles. The van der Waals surface area contributed by atoms with Gasteiger partial charge in [0.1, 0.15) is 12.6 Å². The van der Waals surface area contributed by atoms with Gasteiger partial charge in [-0.05, 0) is 18.6 Å². The van der Waals surface area contributed by atoms with Crippen LogP contribution in [-0.4, -0.2) is 18.9 Å². The number of rotatable bonds is 4. The number of hydrogen-bond donors (Lipinski definition) is 0. The molecule has 0 aliphatic heterocycles. The molecule has 0 bridgehead atoms. The molecule has 0 saturated heterocycles. The molecule has 0 spiro atoms. The van der Waals surface area contributed by atoms with Gasteiger partial charge in [-0.15, -0.1) is 0 Å². The minimum Gasteiger partial charge on any atom is -0.359 e. The number of hydrogen-bond acceptors (Lipinski definition) is 3. The standard InChI is InChI=1S/C9H12FNO2/c1-7-9(10)3-8(4-11-7)5-13-6-12-2/h3-4H,5-6H2,1-2H3. The third-order valence-corrected chi connectivity index (χ3v) is 1.55. The van der Waals surface area contributed by atoms with Crippen molar-refractivity contribution in [1.82, 2.24) is 4.98 Å². The van der Waals surface area contributed by atoms with E-state index in [0.717, 1.165) is 0 Å². The zero-order valence-electron chi connectivity index (χ0n) is 7.71. The van der Waals surface area contributed by atoms with Gasteiger partial charge in [-0.2, -0.15) is 0 Å². The van der Waals surface area contributed by atoms with Crippen molar-refractivity contribution in [3.63, 3.8) is 0 Å². The van der Waals surface area contributed by atoms with Gasteiger partial charge in [-0.25, -0.2) is 4.39 Å². The van der Waals surface area contributed by atoms with Crippen LogP contribution in [0.1, 0.15) is 11.3 Å². The van der Waals surface area contributed by atoms with Crippen molar-refractivity contribution in [3.8, 4) is 0 Å². The summed E-state index contributed by atoms with van der Waals surface area (Å²) < 4.78 is 22.7. The average Bonchev–Trinajstić information content (AvgIpc) is 2.12. The molecule has 1 aromatic rings. The van der Waals surface area contributed by atoms with Gasteiger partial charge >= 0.3 is 0 Å². The molecule has 13 heavy (non-hydrogen) atoms. The molecule has 72 valence electrons. The lowest BCUT2D eigenvalue weighted by Gasteiger charge is -2.03. The van der Waals surface area contributed by atoms with E-state index in [1.54, 1.807) is 13.1 Å². The second-order valence-electron chi connectivity index (χ2n) is 2.67. The molecule has 0 amide bonds. The molecule has 0 radical (unpaired) electrons. The molecular weight excluding hydrogens is 173 g/mol. The van der Waals surface area contributed by atoms with Gasteiger partial charge in [-0.3, -0.25) is 4.98 Å². The fourth-order valence-corrected chi connectivity index (χ4v) is 0.868. The highest BCUT2D eigenvalue weighted by Gasteiger charge is 2.00. The number of aromatic nitrogens is 1. The Hall–Kier alpha value is -1.00. The Morgan fingerprint density at radius 1 is 1.54 bits per heavy atom. The molecular formula is C9H12FNO2. The predicted octanol–water partition coefficient (Wildman–Crippen LogP) is 1.65. The SMILES string of the molecule is COCOCc1cnc(C)c(F)c1. The molecule has 3 nitrogen and oxygen atoms in total. The van der Waals surface area contributed by atoms with Gasteiger partial charge in [0.2, 0.25) is 0 Å². The molecule has 1 heterocycles. The summed E-state index contributed by atoms with van der Waals surface area (Å²) in [6.45, 7) is 2.14. The van der Waals surface area contributed by atoms with Gasteiger partial charge < -0.3 is 9.47 Å². The summed E-state index contributed by atoms with van der Waals surface area (Å²) in [5, 5.41) is 0. The van der Waals surface area contributed by atoms with E-state index in [-0.39, 0.29) is 12.6 Å². The third-order valence-electron chi connectivity index (χ3n) is 1.55. The molecule has 4 heteroatoms. The second-order valence-corrected chi connectivity index (χ2v) is 2.67. The maximum atomic E-state index is 12.9. The zero-order chi connectivity index (χ0) is 9.68. The van der Waals surface area contributed by atoms with Crippen molar-refractivity contribution in [1.29, 1.82) is 0 Å². The first kappa shape index (κ1) is 10.1. The predicted molar refractivity (Wildman–Crippen MR) is 45.6 cm³/mol. The lowest BCUT2D eigenvalue weighted by molar-refractivity contribution is -0.0392. The van der Waals surface area contributed by atoms with Crippen LogP contribution in [0, 0.1) is 12.7 Å². The van der Waals surface area contributed by atoms with Crippen molar-refractivity contribution >= 4 is 0 Å².